The number of nitrogen functional groups attached to an aromatic ring is 1. The molecular formula is C13H19N3O. The summed E-state index contributed by atoms with van der Waals surface area (Å²) in [6.07, 6.45) is 4.63. The van der Waals surface area contributed by atoms with E-state index in [9.17, 15) is 4.79 Å². The smallest absolute Gasteiger partial charge is 0.315 e. The van der Waals surface area contributed by atoms with Crippen LogP contribution in [0, 0.1) is 0 Å². The van der Waals surface area contributed by atoms with Crippen LogP contribution in [-0.2, 0) is 6.54 Å². The lowest BCUT2D eigenvalue weighted by atomic mass is 10.2. The summed E-state index contributed by atoms with van der Waals surface area (Å²) in [7, 11) is 0. The van der Waals surface area contributed by atoms with Crippen LogP contribution in [0.15, 0.2) is 24.3 Å². The quantitative estimate of drug-likeness (QED) is 0.699. The maximum atomic E-state index is 11.6. The minimum Gasteiger partial charge on any atom is -0.398 e. The number of para-hydroxylation sites is 1. The van der Waals surface area contributed by atoms with Crippen molar-refractivity contribution in [1.29, 1.82) is 0 Å². The first-order valence-corrected chi connectivity index (χ1v) is 6.13. The number of nitrogens with two attached hydrogens (primary N) is 1. The number of carbonyl (C=O) groups excluding carboxylic acids is 1. The van der Waals surface area contributed by atoms with Gasteiger partial charge >= 0.3 is 6.03 Å². The fourth-order valence-electron chi connectivity index (χ4n) is 2.18. The molecule has 0 unspecified atom stereocenters. The highest BCUT2D eigenvalue weighted by Crippen LogP contribution is 2.17. The Balaban J connectivity index is 1.77. The van der Waals surface area contributed by atoms with Gasteiger partial charge in [0, 0.05) is 18.3 Å². The van der Waals surface area contributed by atoms with Gasteiger partial charge in [-0.15, -0.1) is 0 Å². The fourth-order valence-corrected chi connectivity index (χ4v) is 2.18. The maximum Gasteiger partial charge on any atom is 0.315 e. The molecule has 92 valence electrons. The van der Waals surface area contributed by atoms with Crippen molar-refractivity contribution in [3.8, 4) is 0 Å². The molecule has 1 aliphatic rings. The zero-order chi connectivity index (χ0) is 12.1. The van der Waals surface area contributed by atoms with Crippen molar-refractivity contribution >= 4 is 11.7 Å². The van der Waals surface area contributed by atoms with Crippen LogP contribution in [-0.4, -0.2) is 12.1 Å². The number of benzene rings is 1. The average molecular weight is 233 g/mol. The zero-order valence-corrected chi connectivity index (χ0v) is 9.91. The Morgan fingerprint density at radius 3 is 2.71 bits per heavy atom. The summed E-state index contributed by atoms with van der Waals surface area (Å²) in [6, 6.07) is 7.82. The van der Waals surface area contributed by atoms with Crippen molar-refractivity contribution in [2.24, 2.45) is 0 Å². The molecule has 1 aromatic carbocycles. The molecular weight excluding hydrogens is 214 g/mol. The molecule has 2 amide bonds. The molecule has 0 atom stereocenters. The fraction of sp³-hybridized carbons (Fsp3) is 0.462. The lowest BCUT2D eigenvalue weighted by Gasteiger charge is -2.13. The van der Waals surface area contributed by atoms with Crippen LogP contribution in [0.3, 0.4) is 0 Å². The van der Waals surface area contributed by atoms with E-state index in [1.54, 1.807) is 0 Å². The van der Waals surface area contributed by atoms with Gasteiger partial charge in [-0.2, -0.15) is 0 Å². The molecule has 4 heteroatoms. The van der Waals surface area contributed by atoms with Gasteiger partial charge in [-0.1, -0.05) is 31.0 Å². The van der Waals surface area contributed by atoms with E-state index in [1.165, 1.54) is 12.8 Å². The summed E-state index contributed by atoms with van der Waals surface area (Å²) in [5.74, 6) is 0. The van der Waals surface area contributed by atoms with E-state index in [0.29, 0.717) is 18.3 Å². The molecule has 0 aromatic heterocycles. The Kier molecular flexibility index (Phi) is 3.85. The molecule has 2 rings (SSSR count). The molecule has 1 saturated carbocycles. The molecule has 1 fully saturated rings. The lowest BCUT2D eigenvalue weighted by molar-refractivity contribution is 0.236. The summed E-state index contributed by atoms with van der Waals surface area (Å²) >= 11 is 0. The SMILES string of the molecule is Nc1ccccc1CNC(=O)NC1CCCC1. The molecule has 1 aromatic rings. The normalized spacial score (nSPS) is 15.8. The van der Waals surface area contributed by atoms with Gasteiger partial charge in [0.25, 0.3) is 0 Å². The molecule has 0 saturated heterocycles. The van der Waals surface area contributed by atoms with Gasteiger partial charge in [0.15, 0.2) is 0 Å². The van der Waals surface area contributed by atoms with Crippen LogP contribution in [0.2, 0.25) is 0 Å². The first kappa shape index (κ1) is 11.8. The number of hydrogen-bond acceptors (Lipinski definition) is 2. The Hall–Kier alpha value is -1.71. The van der Waals surface area contributed by atoms with Gasteiger partial charge in [0.2, 0.25) is 0 Å². The third-order valence-electron chi connectivity index (χ3n) is 3.18. The minimum atomic E-state index is -0.0971. The van der Waals surface area contributed by atoms with E-state index in [2.05, 4.69) is 10.6 Å². The first-order valence-electron chi connectivity index (χ1n) is 6.13. The van der Waals surface area contributed by atoms with E-state index in [-0.39, 0.29) is 6.03 Å². The second kappa shape index (κ2) is 5.57. The molecule has 0 spiro atoms. The molecule has 0 radical (unpaired) electrons. The van der Waals surface area contributed by atoms with Crippen molar-refractivity contribution in [3.05, 3.63) is 29.8 Å². The molecule has 17 heavy (non-hydrogen) atoms. The number of hydrogen-bond donors (Lipinski definition) is 3. The van der Waals surface area contributed by atoms with Crippen molar-refractivity contribution in [1.82, 2.24) is 10.6 Å². The predicted molar refractivity (Wildman–Crippen MR) is 68.5 cm³/mol. The van der Waals surface area contributed by atoms with Crippen molar-refractivity contribution in [2.75, 3.05) is 5.73 Å². The topological polar surface area (TPSA) is 67.1 Å². The van der Waals surface area contributed by atoms with E-state index >= 15 is 0 Å². The molecule has 4 nitrogen and oxygen atoms in total. The lowest BCUT2D eigenvalue weighted by Crippen LogP contribution is -2.40. The Labute approximate surface area is 102 Å². The van der Waals surface area contributed by atoms with Crippen LogP contribution < -0.4 is 16.4 Å². The van der Waals surface area contributed by atoms with Crippen LogP contribution in [0.25, 0.3) is 0 Å². The van der Waals surface area contributed by atoms with Crippen LogP contribution in [0.1, 0.15) is 31.2 Å². The predicted octanol–water partition coefficient (Wildman–Crippen LogP) is 2.01. The van der Waals surface area contributed by atoms with Gasteiger partial charge in [-0.05, 0) is 24.5 Å². The summed E-state index contributed by atoms with van der Waals surface area (Å²) < 4.78 is 0. The zero-order valence-electron chi connectivity index (χ0n) is 9.91. The molecule has 0 heterocycles. The summed E-state index contributed by atoms with van der Waals surface area (Å²) in [6.45, 7) is 0.477. The van der Waals surface area contributed by atoms with Crippen molar-refractivity contribution < 1.29 is 4.79 Å². The van der Waals surface area contributed by atoms with Gasteiger partial charge in [-0.25, -0.2) is 4.79 Å². The largest absolute Gasteiger partial charge is 0.398 e. The van der Waals surface area contributed by atoms with Crippen molar-refractivity contribution in [2.45, 2.75) is 38.3 Å². The molecule has 0 aliphatic heterocycles. The maximum absolute atomic E-state index is 11.6. The van der Waals surface area contributed by atoms with Gasteiger partial charge in [0.1, 0.15) is 0 Å². The first-order chi connectivity index (χ1) is 8.25. The average Bonchev–Trinajstić information content (AvgIpc) is 2.81. The van der Waals surface area contributed by atoms with Crippen LogP contribution in [0.5, 0.6) is 0 Å². The molecule has 1 aliphatic carbocycles. The summed E-state index contributed by atoms with van der Waals surface area (Å²) in [5, 5.41) is 5.81. The van der Waals surface area contributed by atoms with E-state index in [4.69, 9.17) is 5.73 Å². The summed E-state index contributed by atoms with van der Waals surface area (Å²) in [5.41, 5.74) is 7.47. The van der Waals surface area contributed by atoms with Crippen molar-refractivity contribution in [3.63, 3.8) is 0 Å². The van der Waals surface area contributed by atoms with E-state index < -0.39 is 0 Å². The number of anilines is 1. The van der Waals surface area contributed by atoms with Gasteiger partial charge in [0.05, 0.1) is 0 Å². The Morgan fingerprint density at radius 1 is 1.29 bits per heavy atom. The molecule has 4 N–H and O–H groups in total. The van der Waals surface area contributed by atoms with Gasteiger partial charge < -0.3 is 16.4 Å². The second-order valence-electron chi connectivity index (χ2n) is 4.51. The Morgan fingerprint density at radius 2 is 2.00 bits per heavy atom. The van der Waals surface area contributed by atoms with Crippen LogP contribution in [0.4, 0.5) is 10.5 Å². The van der Waals surface area contributed by atoms with Crippen LogP contribution >= 0.6 is 0 Å². The third kappa shape index (κ3) is 3.37. The Bertz CT molecular complexity index is 386. The minimum absolute atomic E-state index is 0.0971. The van der Waals surface area contributed by atoms with Gasteiger partial charge in [-0.3, -0.25) is 0 Å². The number of amides is 2. The monoisotopic (exact) mass is 233 g/mol. The third-order valence-corrected chi connectivity index (χ3v) is 3.18. The number of carbonyl (C=O) groups is 1. The second-order valence-corrected chi connectivity index (χ2v) is 4.51. The van der Waals surface area contributed by atoms with E-state index in [0.717, 1.165) is 18.4 Å². The summed E-state index contributed by atoms with van der Waals surface area (Å²) in [4.78, 5) is 11.6. The highest BCUT2D eigenvalue weighted by molar-refractivity contribution is 5.74. The molecule has 0 bridgehead atoms. The standard InChI is InChI=1S/C13H19N3O/c14-12-8-4-1-5-10(12)9-15-13(17)16-11-6-2-3-7-11/h1,4-5,8,11H,2-3,6-7,9,14H2,(H2,15,16,17). The highest BCUT2D eigenvalue weighted by atomic mass is 16.2. The number of nitrogens with one attached hydrogen (secondary N) is 2. The number of urea groups is 1. The number of rotatable bonds is 3. The van der Waals surface area contributed by atoms with E-state index in [1.807, 2.05) is 24.3 Å². The highest BCUT2D eigenvalue weighted by Gasteiger charge is 2.16.